The summed E-state index contributed by atoms with van der Waals surface area (Å²) in [5.74, 6) is 1.34. The van der Waals surface area contributed by atoms with Crippen LogP contribution in [-0.4, -0.2) is 18.1 Å². The molecule has 0 unspecified atom stereocenters. The van der Waals surface area contributed by atoms with E-state index in [1.54, 1.807) is 13.3 Å². The van der Waals surface area contributed by atoms with Crippen molar-refractivity contribution in [3.05, 3.63) is 54.7 Å². The molecule has 0 spiro atoms. The van der Waals surface area contributed by atoms with Gasteiger partial charge < -0.3 is 16.2 Å². The number of methoxy groups -OCH3 is 1. The molecule has 0 saturated carbocycles. The van der Waals surface area contributed by atoms with Crippen molar-refractivity contribution in [2.45, 2.75) is 0 Å². The number of pyridine rings is 1. The molecule has 0 atom stereocenters. The summed E-state index contributed by atoms with van der Waals surface area (Å²) in [5, 5.41) is 1.94. The van der Waals surface area contributed by atoms with E-state index in [9.17, 15) is 0 Å². The molecule has 110 valence electrons. The normalized spacial score (nSPS) is 10.4. The van der Waals surface area contributed by atoms with Gasteiger partial charge in [-0.05, 0) is 40.8 Å². The molecule has 0 saturated heterocycles. The topological polar surface area (TPSA) is 86.5 Å². The molecule has 2 aromatic carbocycles. The largest absolute Gasteiger partial charge is 0.497 e. The van der Waals surface area contributed by atoms with Gasteiger partial charge in [0.05, 0.1) is 7.11 Å². The third-order valence-corrected chi connectivity index (χ3v) is 3.40. The maximum absolute atomic E-state index is 5.47. The predicted molar refractivity (Wildman–Crippen MR) is 89.2 cm³/mol. The molecule has 0 amide bonds. The van der Waals surface area contributed by atoms with Crippen LogP contribution in [-0.2, 0) is 0 Å². The van der Waals surface area contributed by atoms with Gasteiger partial charge in [-0.2, -0.15) is 4.99 Å². The molecule has 0 aliphatic heterocycles. The van der Waals surface area contributed by atoms with Gasteiger partial charge in [0, 0.05) is 11.6 Å². The van der Waals surface area contributed by atoms with Gasteiger partial charge in [0.1, 0.15) is 5.75 Å². The molecule has 0 bridgehead atoms. The van der Waals surface area contributed by atoms with Gasteiger partial charge in [-0.15, -0.1) is 0 Å². The summed E-state index contributed by atoms with van der Waals surface area (Å²) < 4.78 is 5.18. The molecule has 5 nitrogen and oxygen atoms in total. The first-order valence-electron chi connectivity index (χ1n) is 6.80. The van der Waals surface area contributed by atoms with Crippen LogP contribution >= 0.6 is 0 Å². The highest BCUT2D eigenvalue weighted by atomic mass is 16.5. The summed E-state index contributed by atoms with van der Waals surface area (Å²) in [7, 11) is 1.65. The molecule has 3 rings (SSSR count). The number of ether oxygens (including phenoxy) is 1. The highest BCUT2D eigenvalue weighted by Crippen LogP contribution is 2.29. The summed E-state index contributed by atoms with van der Waals surface area (Å²) in [6.07, 6.45) is 1.69. The van der Waals surface area contributed by atoms with Crippen LogP contribution < -0.4 is 16.2 Å². The summed E-state index contributed by atoms with van der Waals surface area (Å²) in [4.78, 5) is 8.33. The molecule has 0 aliphatic carbocycles. The fourth-order valence-corrected chi connectivity index (χ4v) is 2.33. The van der Waals surface area contributed by atoms with E-state index < -0.39 is 0 Å². The van der Waals surface area contributed by atoms with Gasteiger partial charge in [0.2, 0.25) is 0 Å². The van der Waals surface area contributed by atoms with E-state index in [1.807, 2.05) is 42.5 Å². The average molecular weight is 292 g/mol. The predicted octanol–water partition coefficient (Wildman–Crippen LogP) is 2.82. The number of aromatic nitrogens is 1. The zero-order chi connectivity index (χ0) is 15.5. The summed E-state index contributed by atoms with van der Waals surface area (Å²) in [6, 6.07) is 15.9. The maximum Gasteiger partial charge on any atom is 0.192 e. The number of hydrogen-bond donors (Lipinski definition) is 2. The van der Waals surface area contributed by atoms with Gasteiger partial charge in [-0.25, -0.2) is 4.98 Å². The Morgan fingerprint density at radius 1 is 1.00 bits per heavy atom. The summed E-state index contributed by atoms with van der Waals surface area (Å²) in [5.41, 5.74) is 13.1. The fraction of sp³-hybridized carbons (Fsp3) is 0.0588. The van der Waals surface area contributed by atoms with Gasteiger partial charge in [-0.3, -0.25) is 0 Å². The van der Waals surface area contributed by atoms with Crippen molar-refractivity contribution in [3.63, 3.8) is 0 Å². The Bertz CT molecular complexity index is 837. The van der Waals surface area contributed by atoms with Crippen LogP contribution in [0, 0.1) is 0 Å². The molecular weight excluding hydrogens is 276 g/mol. The minimum absolute atomic E-state index is 0.00477. The number of fused-ring (bicyclic) bond motifs is 1. The van der Waals surface area contributed by atoms with Gasteiger partial charge in [-0.1, -0.05) is 24.3 Å². The lowest BCUT2D eigenvalue weighted by molar-refractivity contribution is 0.415. The molecule has 0 aliphatic rings. The van der Waals surface area contributed by atoms with Crippen LogP contribution in [0.1, 0.15) is 0 Å². The number of nitrogens with zero attached hydrogens (tertiary/aromatic N) is 2. The Hall–Kier alpha value is -3.08. The third kappa shape index (κ3) is 2.69. The third-order valence-electron chi connectivity index (χ3n) is 3.40. The van der Waals surface area contributed by atoms with E-state index in [0.29, 0.717) is 5.82 Å². The number of nitrogens with two attached hydrogens (primary N) is 2. The van der Waals surface area contributed by atoms with Crippen LogP contribution in [0.15, 0.2) is 59.7 Å². The molecule has 3 aromatic rings. The standard InChI is InChI=1S/C17H16N4O/c1-22-14-6-4-11(5-7-14)13-3-2-12-8-9-20-16(15(12)10-13)21-17(18)19/h2-10H,1H3,(H4,18,19,20,21). The maximum atomic E-state index is 5.47. The molecule has 22 heavy (non-hydrogen) atoms. The van der Waals surface area contributed by atoms with Crippen LogP contribution in [0.3, 0.4) is 0 Å². The summed E-state index contributed by atoms with van der Waals surface area (Å²) >= 11 is 0. The van der Waals surface area contributed by atoms with E-state index in [-0.39, 0.29) is 5.96 Å². The van der Waals surface area contributed by atoms with E-state index in [1.165, 1.54) is 0 Å². The Labute approximate surface area is 128 Å². The highest BCUT2D eigenvalue weighted by molar-refractivity contribution is 5.95. The number of hydrogen-bond acceptors (Lipinski definition) is 3. The lowest BCUT2D eigenvalue weighted by Crippen LogP contribution is -2.22. The molecule has 1 heterocycles. The molecule has 4 N–H and O–H groups in total. The molecule has 1 aromatic heterocycles. The molecule has 0 radical (unpaired) electrons. The van der Waals surface area contributed by atoms with Crippen molar-refractivity contribution in [2.75, 3.05) is 7.11 Å². The van der Waals surface area contributed by atoms with Crippen molar-refractivity contribution < 1.29 is 4.74 Å². The van der Waals surface area contributed by atoms with Gasteiger partial charge >= 0.3 is 0 Å². The van der Waals surface area contributed by atoms with Crippen LogP contribution in [0.2, 0.25) is 0 Å². The zero-order valence-electron chi connectivity index (χ0n) is 12.2. The van der Waals surface area contributed by atoms with Crippen molar-refractivity contribution >= 4 is 22.5 Å². The van der Waals surface area contributed by atoms with Gasteiger partial charge in [0.15, 0.2) is 11.8 Å². The second kappa shape index (κ2) is 5.73. The fourth-order valence-electron chi connectivity index (χ4n) is 2.33. The van der Waals surface area contributed by atoms with Crippen molar-refractivity contribution in [1.82, 2.24) is 4.98 Å². The number of benzene rings is 2. The second-order valence-corrected chi connectivity index (χ2v) is 4.84. The molecule has 0 fully saturated rings. The minimum atomic E-state index is -0.00477. The average Bonchev–Trinajstić information content (AvgIpc) is 2.54. The first-order chi connectivity index (χ1) is 10.7. The van der Waals surface area contributed by atoms with Crippen LogP contribution in [0.4, 0.5) is 5.82 Å². The number of rotatable bonds is 3. The van der Waals surface area contributed by atoms with Gasteiger partial charge in [0.25, 0.3) is 0 Å². The van der Waals surface area contributed by atoms with E-state index in [2.05, 4.69) is 16.0 Å². The lowest BCUT2D eigenvalue weighted by Gasteiger charge is -2.07. The van der Waals surface area contributed by atoms with E-state index in [4.69, 9.17) is 16.2 Å². The first-order valence-corrected chi connectivity index (χ1v) is 6.80. The Balaban J connectivity index is 2.13. The molecule has 5 heteroatoms. The zero-order valence-corrected chi connectivity index (χ0v) is 12.2. The smallest absolute Gasteiger partial charge is 0.192 e. The van der Waals surface area contributed by atoms with Crippen molar-refractivity contribution in [3.8, 4) is 16.9 Å². The van der Waals surface area contributed by atoms with Crippen molar-refractivity contribution in [2.24, 2.45) is 16.5 Å². The SMILES string of the molecule is COc1ccc(-c2ccc3ccnc(N=C(N)N)c3c2)cc1. The van der Waals surface area contributed by atoms with E-state index in [0.717, 1.165) is 27.6 Å². The quantitative estimate of drug-likeness (QED) is 0.574. The van der Waals surface area contributed by atoms with E-state index >= 15 is 0 Å². The number of aliphatic imine (C=N–C) groups is 1. The molecular formula is C17H16N4O. The van der Waals surface area contributed by atoms with Crippen molar-refractivity contribution in [1.29, 1.82) is 0 Å². The Morgan fingerprint density at radius 3 is 2.41 bits per heavy atom. The second-order valence-electron chi connectivity index (χ2n) is 4.84. The first kappa shape index (κ1) is 13.9. The number of guanidine groups is 1. The monoisotopic (exact) mass is 292 g/mol. The van der Waals surface area contributed by atoms with Crippen LogP contribution in [0.25, 0.3) is 21.9 Å². The minimum Gasteiger partial charge on any atom is -0.497 e. The van der Waals surface area contributed by atoms with Crippen LogP contribution in [0.5, 0.6) is 5.75 Å². The highest BCUT2D eigenvalue weighted by Gasteiger charge is 2.05. The summed E-state index contributed by atoms with van der Waals surface area (Å²) in [6.45, 7) is 0. The Kier molecular flexibility index (Phi) is 3.62. The lowest BCUT2D eigenvalue weighted by atomic mass is 10.0. The Morgan fingerprint density at radius 2 is 1.73 bits per heavy atom.